The number of carbonyl (C=O) groups excluding carboxylic acids is 1. The predicted octanol–water partition coefficient (Wildman–Crippen LogP) is 1.88. The van der Waals surface area contributed by atoms with Crippen LogP contribution in [0, 0.1) is 0 Å². The molecule has 1 saturated heterocycles. The summed E-state index contributed by atoms with van der Waals surface area (Å²) in [5.41, 5.74) is 0.654. The maximum absolute atomic E-state index is 12.6. The van der Waals surface area contributed by atoms with Crippen LogP contribution in [0.25, 0.3) is 10.6 Å². The summed E-state index contributed by atoms with van der Waals surface area (Å²) in [5.74, 6) is -0.181. The van der Waals surface area contributed by atoms with Gasteiger partial charge in [0.25, 0.3) is 11.5 Å². The highest BCUT2D eigenvalue weighted by molar-refractivity contribution is 7.13. The Morgan fingerprint density at radius 3 is 2.77 bits per heavy atom. The molecule has 1 aliphatic heterocycles. The molecule has 1 fully saturated rings. The van der Waals surface area contributed by atoms with E-state index in [4.69, 9.17) is 0 Å². The van der Waals surface area contributed by atoms with E-state index < -0.39 is 0 Å². The smallest absolute Gasteiger partial charge is 0.261 e. The third kappa shape index (κ3) is 2.84. The van der Waals surface area contributed by atoms with Gasteiger partial charge in [0.15, 0.2) is 0 Å². The van der Waals surface area contributed by atoms with Gasteiger partial charge in [-0.25, -0.2) is 0 Å². The van der Waals surface area contributed by atoms with Crippen molar-refractivity contribution in [2.45, 2.75) is 13.0 Å². The van der Waals surface area contributed by atoms with Crippen LogP contribution in [0.2, 0.25) is 0 Å². The van der Waals surface area contributed by atoms with Crippen LogP contribution < -0.4 is 5.56 Å². The number of hydrogen-bond donors (Lipinski definition) is 1. The van der Waals surface area contributed by atoms with E-state index in [1.807, 2.05) is 31.5 Å². The Kier molecular flexibility index (Phi) is 4.13. The number of thiophene rings is 1. The number of aromatic nitrogens is 1. The highest BCUT2D eigenvalue weighted by atomic mass is 32.1. The molecule has 0 aliphatic carbocycles. The molecule has 1 atom stereocenters. The van der Waals surface area contributed by atoms with E-state index in [9.17, 15) is 9.59 Å². The van der Waals surface area contributed by atoms with Crippen molar-refractivity contribution in [2.24, 2.45) is 0 Å². The number of amides is 1. The van der Waals surface area contributed by atoms with Crippen molar-refractivity contribution >= 4 is 17.2 Å². The second-order valence-electron chi connectivity index (χ2n) is 5.70. The minimum Gasteiger partial charge on any atom is -0.333 e. The van der Waals surface area contributed by atoms with Gasteiger partial charge in [0.1, 0.15) is 5.56 Å². The fraction of sp³-hybridized carbons (Fsp3) is 0.375. The van der Waals surface area contributed by atoms with E-state index in [1.54, 1.807) is 28.4 Å². The first-order valence-electron chi connectivity index (χ1n) is 7.33. The Morgan fingerprint density at radius 1 is 1.32 bits per heavy atom. The summed E-state index contributed by atoms with van der Waals surface area (Å²) in [5, 5.41) is 1.96. The van der Waals surface area contributed by atoms with Gasteiger partial charge < -0.3 is 14.8 Å². The highest BCUT2D eigenvalue weighted by Crippen LogP contribution is 2.21. The molecule has 6 heteroatoms. The number of likely N-dealkylation sites (N-methyl/N-ethyl adjacent to an activating group) is 1. The number of nitrogens with one attached hydrogen (secondary N) is 1. The lowest BCUT2D eigenvalue weighted by Crippen LogP contribution is -2.53. The van der Waals surface area contributed by atoms with E-state index in [0.717, 1.165) is 23.7 Å². The van der Waals surface area contributed by atoms with Crippen LogP contribution in [0.4, 0.5) is 0 Å². The fourth-order valence-corrected chi connectivity index (χ4v) is 3.52. The fourth-order valence-electron chi connectivity index (χ4n) is 2.81. The quantitative estimate of drug-likeness (QED) is 0.920. The van der Waals surface area contributed by atoms with Crippen molar-refractivity contribution in [1.29, 1.82) is 0 Å². The first kappa shape index (κ1) is 15.0. The maximum Gasteiger partial charge on any atom is 0.261 e. The largest absolute Gasteiger partial charge is 0.333 e. The molecule has 1 amide bonds. The molecule has 0 spiro atoms. The van der Waals surface area contributed by atoms with Gasteiger partial charge in [-0.3, -0.25) is 9.59 Å². The predicted molar refractivity (Wildman–Crippen MR) is 88.4 cm³/mol. The van der Waals surface area contributed by atoms with E-state index in [-0.39, 0.29) is 23.1 Å². The topological polar surface area (TPSA) is 56.4 Å². The lowest BCUT2D eigenvalue weighted by atomic mass is 10.1. The second kappa shape index (κ2) is 6.06. The Bertz CT molecular complexity index is 723. The van der Waals surface area contributed by atoms with Gasteiger partial charge in [-0.2, -0.15) is 0 Å². The van der Waals surface area contributed by atoms with Crippen molar-refractivity contribution in [3.8, 4) is 10.6 Å². The van der Waals surface area contributed by atoms with E-state index in [1.165, 1.54) is 0 Å². The summed E-state index contributed by atoms with van der Waals surface area (Å²) < 4.78 is 0. The Hall–Kier alpha value is -1.92. The van der Waals surface area contributed by atoms with Gasteiger partial charge in [-0.05, 0) is 37.6 Å². The molecule has 3 rings (SSSR count). The normalized spacial score (nSPS) is 19.4. The average Bonchev–Trinajstić information content (AvgIpc) is 3.00. The van der Waals surface area contributed by atoms with Crippen LogP contribution in [0.3, 0.4) is 0 Å². The molecular weight excluding hydrogens is 298 g/mol. The number of pyridine rings is 1. The summed E-state index contributed by atoms with van der Waals surface area (Å²) >= 11 is 1.56. The molecule has 0 radical (unpaired) electrons. The number of carbonyl (C=O) groups is 1. The van der Waals surface area contributed by atoms with E-state index in [2.05, 4.69) is 9.88 Å². The van der Waals surface area contributed by atoms with Crippen LogP contribution in [0.15, 0.2) is 34.4 Å². The van der Waals surface area contributed by atoms with Crippen LogP contribution in [-0.2, 0) is 0 Å². The van der Waals surface area contributed by atoms with E-state index >= 15 is 0 Å². The molecule has 0 aromatic carbocycles. The molecule has 2 aromatic rings. The average molecular weight is 317 g/mol. The lowest BCUT2D eigenvalue weighted by molar-refractivity contribution is 0.0532. The van der Waals surface area contributed by atoms with Gasteiger partial charge in [0.2, 0.25) is 0 Å². The number of H-pyrrole nitrogens is 1. The summed E-state index contributed by atoms with van der Waals surface area (Å²) in [6.07, 6.45) is 0. The minimum atomic E-state index is -0.318. The number of piperazine rings is 1. The molecule has 0 saturated carbocycles. The number of aromatic amines is 1. The molecule has 1 aliphatic rings. The lowest BCUT2D eigenvalue weighted by Gasteiger charge is -2.38. The summed E-state index contributed by atoms with van der Waals surface area (Å²) in [6, 6.07) is 7.44. The third-order valence-electron chi connectivity index (χ3n) is 4.02. The van der Waals surface area contributed by atoms with Crippen molar-refractivity contribution in [3.63, 3.8) is 0 Å². The van der Waals surface area contributed by atoms with Crippen LogP contribution >= 0.6 is 11.3 Å². The molecule has 0 unspecified atom stereocenters. The first-order chi connectivity index (χ1) is 10.6. The van der Waals surface area contributed by atoms with Crippen molar-refractivity contribution < 1.29 is 4.79 Å². The highest BCUT2D eigenvalue weighted by Gasteiger charge is 2.27. The minimum absolute atomic E-state index is 0.114. The monoisotopic (exact) mass is 317 g/mol. The zero-order valence-electron chi connectivity index (χ0n) is 12.7. The second-order valence-corrected chi connectivity index (χ2v) is 6.65. The van der Waals surface area contributed by atoms with Crippen molar-refractivity contribution in [3.05, 3.63) is 45.6 Å². The summed E-state index contributed by atoms with van der Waals surface area (Å²) in [7, 11) is 2.04. The van der Waals surface area contributed by atoms with Crippen LogP contribution in [0.1, 0.15) is 17.3 Å². The van der Waals surface area contributed by atoms with Gasteiger partial charge in [0, 0.05) is 25.7 Å². The van der Waals surface area contributed by atoms with Crippen molar-refractivity contribution in [2.75, 3.05) is 26.7 Å². The van der Waals surface area contributed by atoms with Gasteiger partial charge in [-0.15, -0.1) is 11.3 Å². The molecule has 3 heterocycles. The van der Waals surface area contributed by atoms with E-state index in [0.29, 0.717) is 6.54 Å². The zero-order chi connectivity index (χ0) is 15.7. The first-order valence-corrected chi connectivity index (χ1v) is 8.21. The zero-order valence-corrected chi connectivity index (χ0v) is 13.5. The van der Waals surface area contributed by atoms with Crippen LogP contribution in [0.5, 0.6) is 0 Å². The van der Waals surface area contributed by atoms with Gasteiger partial charge in [-0.1, -0.05) is 6.07 Å². The van der Waals surface area contributed by atoms with Crippen LogP contribution in [-0.4, -0.2) is 53.4 Å². The molecule has 22 heavy (non-hydrogen) atoms. The molecule has 5 nitrogen and oxygen atoms in total. The maximum atomic E-state index is 12.6. The van der Waals surface area contributed by atoms with Gasteiger partial charge >= 0.3 is 0 Å². The number of nitrogens with zero attached hydrogens (tertiary/aromatic N) is 2. The van der Waals surface area contributed by atoms with Gasteiger partial charge in [0.05, 0.1) is 10.6 Å². The summed E-state index contributed by atoms with van der Waals surface area (Å²) in [6.45, 7) is 4.34. The number of hydrogen-bond acceptors (Lipinski definition) is 4. The third-order valence-corrected chi connectivity index (χ3v) is 4.92. The molecular formula is C16H19N3O2S. The molecule has 0 bridgehead atoms. The van der Waals surface area contributed by atoms with Crippen molar-refractivity contribution in [1.82, 2.24) is 14.8 Å². The Labute approximate surface area is 133 Å². The molecule has 1 N–H and O–H groups in total. The SMILES string of the molecule is C[C@H]1CN(C)CCN1C(=O)c1ccc(-c2cccs2)[nH]c1=O. The standard InChI is InChI=1S/C16H19N3O2S/c1-11-10-18(2)7-8-19(11)16(21)12-5-6-13(17-15(12)20)14-4-3-9-22-14/h3-6,9,11H,7-8,10H2,1-2H3,(H,17,20)/t11-/m0/s1. The Balaban J connectivity index is 1.86. The summed E-state index contributed by atoms with van der Waals surface area (Å²) in [4.78, 5) is 32.7. The number of rotatable bonds is 2. The molecule has 116 valence electrons. The molecule has 2 aromatic heterocycles. The Morgan fingerprint density at radius 2 is 2.14 bits per heavy atom.